The van der Waals surface area contributed by atoms with Crippen LogP contribution in [0.15, 0.2) is 54.4 Å². The minimum Gasteiger partial charge on any atom is -0.382 e. The number of anilines is 1. The average molecular weight is 539 g/mol. The van der Waals surface area contributed by atoms with Crippen molar-refractivity contribution in [2.75, 3.05) is 5.73 Å². The Bertz CT molecular complexity index is 1410. The molecule has 7 rings (SSSR count). The Labute approximate surface area is 237 Å². The fourth-order valence-corrected chi connectivity index (χ4v) is 7.82. The third kappa shape index (κ3) is 4.83. The van der Waals surface area contributed by atoms with Crippen molar-refractivity contribution in [2.45, 2.75) is 101 Å². The molecule has 210 valence electrons. The summed E-state index contributed by atoms with van der Waals surface area (Å²) >= 11 is 0. The van der Waals surface area contributed by atoms with Crippen molar-refractivity contribution in [1.82, 2.24) is 25.0 Å². The van der Waals surface area contributed by atoms with Gasteiger partial charge in [0, 0.05) is 35.6 Å². The van der Waals surface area contributed by atoms with Crippen LogP contribution in [0.2, 0.25) is 0 Å². The fourth-order valence-electron chi connectivity index (χ4n) is 7.82. The molecule has 7 nitrogen and oxygen atoms in total. The van der Waals surface area contributed by atoms with E-state index in [9.17, 15) is 4.79 Å². The molecule has 4 fully saturated rings. The van der Waals surface area contributed by atoms with Crippen LogP contribution in [0, 0.1) is 11.8 Å². The zero-order valence-electron chi connectivity index (χ0n) is 23.4. The summed E-state index contributed by atoms with van der Waals surface area (Å²) in [7, 11) is 0. The number of nitrogens with one attached hydrogen (secondary N) is 2. The Kier molecular flexibility index (Phi) is 6.86. The minimum atomic E-state index is -0.110. The van der Waals surface area contributed by atoms with Gasteiger partial charge in [-0.3, -0.25) is 9.20 Å². The van der Waals surface area contributed by atoms with Gasteiger partial charge in [-0.1, -0.05) is 69.2 Å². The number of nitrogens with zero attached hydrogens (tertiary/aromatic N) is 3. The Morgan fingerprint density at radius 2 is 1.77 bits per heavy atom. The smallest absolute Gasteiger partial charge is 0.251 e. The van der Waals surface area contributed by atoms with Gasteiger partial charge in [-0.15, -0.1) is 0 Å². The molecule has 2 aromatic heterocycles. The zero-order chi connectivity index (χ0) is 27.1. The van der Waals surface area contributed by atoms with Gasteiger partial charge in [-0.05, 0) is 62.5 Å². The second-order valence-corrected chi connectivity index (χ2v) is 12.7. The Hall–Kier alpha value is -3.19. The van der Waals surface area contributed by atoms with Crippen molar-refractivity contribution >= 4 is 22.8 Å². The quantitative estimate of drug-likeness (QED) is 0.461. The molecule has 3 atom stereocenters. The maximum absolute atomic E-state index is 13.5. The van der Waals surface area contributed by atoms with Gasteiger partial charge in [0.05, 0.1) is 5.54 Å². The number of hydrogen-bond donors (Lipinski definition) is 3. The number of carbonyl (C=O) groups is 1. The lowest BCUT2D eigenvalue weighted by molar-refractivity contribution is -0.118. The maximum Gasteiger partial charge on any atom is 0.251 e. The van der Waals surface area contributed by atoms with E-state index in [2.05, 4.69) is 26.1 Å². The first kappa shape index (κ1) is 25.8. The number of nitrogen functional groups attached to an aromatic ring is 1. The lowest BCUT2D eigenvalue weighted by Crippen LogP contribution is -2.37. The summed E-state index contributed by atoms with van der Waals surface area (Å²) in [5.41, 5.74) is 9.61. The zero-order valence-corrected chi connectivity index (χ0v) is 23.4. The highest BCUT2D eigenvalue weighted by molar-refractivity contribution is 5.98. The number of carbonyl (C=O) groups excluding carboxylic acids is 1. The van der Waals surface area contributed by atoms with E-state index < -0.39 is 0 Å². The van der Waals surface area contributed by atoms with Crippen molar-refractivity contribution in [3.63, 3.8) is 0 Å². The van der Waals surface area contributed by atoms with Gasteiger partial charge in [0.25, 0.3) is 5.91 Å². The van der Waals surface area contributed by atoms with Crippen LogP contribution in [0.5, 0.6) is 0 Å². The topological polar surface area (TPSA) is 97.3 Å². The van der Waals surface area contributed by atoms with E-state index in [1.807, 2.05) is 36.6 Å². The summed E-state index contributed by atoms with van der Waals surface area (Å²) in [5, 5.41) is 7.28. The lowest BCUT2D eigenvalue weighted by Gasteiger charge is -2.24. The molecule has 2 unspecified atom stereocenters. The van der Waals surface area contributed by atoms with Crippen LogP contribution in [0.3, 0.4) is 0 Å². The molecule has 2 bridgehead atoms. The first-order chi connectivity index (χ1) is 19.6. The first-order valence-corrected chi connectivity index (χ1v) is 15.6. The molecule has 3 aliphatic carbocycles. The molecule has 2 saturated carbocycles. The molecule has 5 aliphatic rings. The standard InChI is InChI=1S/C33H42N6O/c34-30-29-28(37-32(39(29)20-19-35-30)33-17-15-25(38-33)16-18-33)22-9-7-8-10-23(14-13-22)31(40)36-27-12-6-4-2-1-3-5-11-24-21-26(24)27/h7-10,13-14,19-20,24-27,38H,1-6,11-12,15-18,21H2,(H2,34,35)(H,36,40)/b8-7-,9-7?,10-8?,14-13-,22-9+,22-13?,23-10+,23-14?/t24?,25?,26?,27-,33?/m0/s1. The van der Waals surface area contributed by atoms with Crippen LogP contribution in [0.25, 0.3) is 11.1 Å². The highest BCUT2D eigenvalue weighted by atomic mass is 16.1. The summed E-state index contributed by atoms with van der Waals surface area (Å²) in [4.78, 5) is 23.2. The number of fused-ring (bicyclic) bond motifs is 4. The van der Waals surface area contributed by atoms with Gasteiger partial charge in [-0.25, -0.2) is 9.97 Å². The van der Waals surface area contributed by atoms with Gasteiger partial charge >= 0.3 is 0 Å². The van der Waals surface area contributed by atoms with Crippen molar-refractivity contribution in [2.24, 2.45) is 11.8 Å². The highest BCUT2D eigenvalue weighted by Gasteiger charge is 2.48. The Morgan fingerprint density at radius 3 is 2.58 bits per heavy atom. The molecule has 1 amide bonds. The van der Waals surface area contributed by atoms with Crippen LogP contribution < -0.4 is 16.4 Å². The van der Waals surface area contributed by atoms with Crippen molar-refractivity contribution in [3.05, 3.63) is 65.9 Å². The fraction of sp³-hybridized carbons (Fsp3) is 0.545. The van der Waals surface area contributed by atoms with Gasteiger partial charge < -0.3 is 16.4 Å². The van der Waals surface area contributed by atoms with Crippen molar-refractivity contribution < 1.29 is 4.79 Å². The molecule has 4 N–H and O–H groups in total. The monoisotopic (exact) mass is 538 g/mol. The summed E-state index contributed by atoms with van der Waals surface area (Å²) in [6.07, 6.45) is 31.7. The first-order valence-electron chi connectivity index (χ1n) is 15.6. The van der Waals surface area contributed by atoms with Gasteiger partial charge in [0.2, 0.25) is 0 Å². The summed E-state index contributed by atoms with van der Waals surface area (Å²) in [6.45, 7) is 0. The summed E-state index contributed by atoms with van der Waals surface area (Å²) < 4.78 is 2.13. The number of imidazole rings is 1. The molecule has 2 aliphatic heterocycles. The number of allylic oxidation sites excluding steroid dienone is 6. The molecule has 0 radical (unpaired) electrons. The number of amides is 1. The SMILES string of the molecule is Nc1nccn2c(C34CCC(CC3)N4)nc(C3=C/C=C\C=C(C(=O)N[C@H]4CCCCCCCCC5CC54)/C=C\3)c12. The van der Waals surface area contributed by atoms with Crippen LogP contribution in [-0.4, -0.2) is 32.4 Å². The maximum atomic E-state index is 13.5. The van der Waals surface area contributed by atoms with Crippen LogP contribution in [-0.2, 0) is 10.3 Å². The van der Waals surface area contributed by atoms with E-state index in [1.165, 1.54) is 64.2 Å². The van der Waals surface area contributed by atoms with Crippen LogP contribution >= 0.6 is 0 Å². The molecule has 4 heterocycles. The number of rotatable bonds is 4. The Balaban J connectivity index is 1.14. The van der Waals surface area contributed by atoms with E-state index >= 15 is 0 Å². The van der Waals surface area contributed by atoms with Crippen LogP contribution in [0.4, 0.5) is 5.82 Å². The van der Waals surface area contributed by atoms with Crippen molar-refractivity contribution in [1.29, 1.82) is 0 Å². The molecular weight excluding hydrogens is 496 g/mol. The normalized spacial score (nSPS) is 36.2. The van der Waals surface area contributed by atoms with Crippen molar-refractivity contribution in [3.8, 4) is 0 Å². The second-order valence-electron chi connectivity index (χ2n) is 12.7. The molecule has 40 heavy (non-hydrogen) atoms. The largest absolute Gasteiger partial charge is 0.382 e. The summed E-state index contributed by atoms with van der Waals surface area (Å²) in [5.74, 6) is 2.96. The molecule has 7 heteroatoms. The van der Waals surface area contributed by atoms with E-state index in [0.717, 1.165) is 47.8 Å². The predicted molar refractivity (Wildman–Crippen MR) is 159 cm³/mol. The third-order valence-electron chi connectivity index (χ3n) is 10.1. The molecular formula is C33H42N6O. The molecule has 2 saturated heterocycles. The van der Waals surface area contributed by atoms with Gasteiger partial charge in [0.15, 0.2) is 0 Å². The molecule has 0 aromatic carbocycles. The second kappa shape index (κ2) is 10.7. The van der Waals surface area contributed by atoms with E-state index in [-0.39, 0.29) is 17.5 Å². The van der Waals surface area contributed by atoms with Gasteiger partial charge in [0.1, 0.15) is 22.9 Å². The number of aromatic nitrogens is 3. The minimum absolute atomic E-state index is 0.0234. The Morgan fingerprint density at radius 1 is 1.00 bits per heavy atom. The van der Waals surface area contributed by atoms with E-state index in [4.69, 9.17) is 10.7 Å². The molecule has 2 aromatic rings. The average Bonchev–Trinajstić information content (AvgIpc) is 3.23. The number of nitrogens with two attached hydrogens (primary N) is 1. The van der Waals surface area contributed by atoms with Gasteiger partial charge in [-0.2, -0.15) is 0 Å². The predicted octanol–water partition coefficient (Wildman–Crippen LogP) is 5.74. The molecule has 0 spiro atoms. The third-order valence-corrected chi connectivity index (χ3v) is 10.1. The van der Waals surface area contributed by atoms with E-state index in [0.29, 0.717) is 23.4 Å². The summed E-state index contributed by atoms with van der Waals surface area (Å²) in [6, 6.07) is 0.861. The highest BCUT2D eigenvalue weighted by Crippen LogP contribution is 2.47. The van der Waals surface area contributed by atoms with Crippen LogP contribution in [0.1, 0.15) is 95.0 Å². The number of hydrogen-bond acceptors (Lipinski definition) is 5. The lowest BCUT2D eigenvalue weighted by atomic mass is 9.87. The van der Waals surface area contributed by atoms with E-state index in [1.54, 1.807) is 6.20 Å².